The second kappa shape index (κ2) is 5.85. The summed E-state index contributed by atoms with van der Waals surface area (Å²) in [5.41, 5.74) is 0.114. The highest BCUT2D eigenvalue weighted by Crippen LogP contribution is 2.36. The van der Waals surface area contributed by atoms with Crippen LogP contribution in [0.2, 0.25) is 10.0 Å². The first-order valence-electron chi connectivity index (χ1n) is 5.34. The Hall–Kier alpha value is -0.310. The van der Waals surface area contributed by atoms with E-state index in [4.69, 9.17) is 23.2 Å². The molecule has 0 radical (unpaired) electrons. The van der Waals surface area contributed by atoms with Crippen LogP contribution in [0.4, 0.5) is 4.39 Å². The average molecular weight is 265 g/mol. The molecule has 0 spiro atoms. The molecule has 0 aliphatic rings. The van der Waals surface area contributed by atoms with Gasteiger partial charge in [-0.25, -0.2) is 4.39 Å². The van der Waals surface area contributed by atoms with Gasteiger partial charge in [0.1, 0.15) is 5.82 Å². The minimum absolute atomic E-state index is 0.00883. The van der Waals surface area contributed by atoms with Gasteiger partial charge >= 0.3 is 0 Å². The number of hydrogen-bond acceptors (Lipinski definition) is 1. The van der Waals surface area contributed by atoms with Crippen LogP contribution < -0.4 is 0 Å². The second-order valence-electron chi connectivity index (χ2n) is 3.78. The van der Waals surface area contributed by atoms with Crippen molar-refractivity contribution in [2.45, 2.75) is 32.8 Å². The zero-order chi connectivity index (χ0) is 12.3. The maximum atomic E-state index is 13.8. The monoisotopic (exact) mass is 264 g/mol. The zero-order valence-corrected chi connectivity index (χ0v) is 10.8. The molecule has 0 aliphatic carbocycles. The SMILES string of the molecule is CCC(CC)C(O)c1c(Cl)ccc(Cl)c1F. The summed E-state index contributed by atoms with van der Waals surface area (Å²) in [5, 5.41) is 10.3. The van der Waals surface area contributed by atoms with Crippen LogP contribution >= 0.6 is 23.2 Å². The van der Waals surface area contributed by atoms with Crippen molar-refractivity contribution in [1.29, 1.82) is 0 Å². The minimum Gasteiger partial charge on any atom is -0.388 e. The molecule has 1 aromatic carbocycles. The number of hydrogen-bond donors (Lipinski definition) is 1. The number of benzene rings is 1. The quantitative estimate of drug-likeness (QED) is 0.788. The summed E-state index contributed by atoms with van der Waals surface area (Å²) in [6, 6.07) is 2.90. The Balaban J connectivity index is 3.16. The first-order chi connectivity index (χ1) is 7.52. The Morgan fingerprint density at radius 2 is 1.69 bits per heavy atom. The van der Waals surface area contributed by atoms with Crippen molar-refractivity contribution in [3.63, 3.8) is 0 Å². The molecule has 16 heavy (non-hydrogen) atoms. The normalized spacial score (nSPS) is 13.2. The molecule has 0 aromatic heterocycles. The van der Waals surface area contributed by atoms with Gasteiger partial charge in [-0.2, -0.15) is 0 Å². The third kappa shape index (κ3) is 2.68. The Morgan fingerprint density at radius 1 is 1.19 bits per heavy atom. The maximum absolute atomic E-state index is 13.8. The van der Waals surface area contributed by atoms with E-state index >= 15 is 0 Å². The lowest BCUT2D eigenvalue weighted by Crippen LogP contribution is -2.13. The fourth-order valence-electron chi connectivity index (χ4n) is 1.78. The highest BCUT2D eigenvalue weighted by Gasteiger charge is 2.24. The number of rotatable bonds is 4. The Kier molecular flexibility index (Phi) is 5.03. The molecule has 0 saturated heterocycles. The molecule has 1 nitrogen and oxygen atoms in total. The van der Waals surface area contributed by atoms with Crippen LogP contribution in [0.3, 0.4) is 0 Å². The maximum Gasteiger partial charge on any atom is 0.149 e. The Labute approximate surface area is 105 Å². The lowest BCUT2D eigenvalue weighted by Gasteiger charge is -2.22. The van der Waals surface area contributed by atoms with Crippen molar-refractivity contribution in [1.82, 2.24) is 0 Å². The molecular weight excluding hydrogens is 250 g/mol. The third-order valence-electron chi connectivity index (χ3n) is 2.87. The number of aliphatic hydroxyl groups excluding tert-OH is 1. The van der Waals surface area contributed by atoms with Crippen molar-refractivity contribution in [2.24, 2.45) is 5.92 Å². The summed E-state index contributed by atoms with van der Waals surface area (Å²) < 4.78 is 13.8. The molecule has 0 amide bonds. The van der Waals surface area contributed by atoms with Crippen molar-refractivity contribution >= 4 is 23.2 Å². The van der Waals surface area contributed by atoms with Gasteiger partial charge in [0.2, 0.25) is 0 Å². The van der Waals surface area contributed by atoms with E-state index in [1.807, 2.05) is 13.8 Å². The first-order valence-corrected chi connectivity index (χ1v) is 6.09. The van der Waals surface area contributed by atoms with E-state index in [-0.39, 0.29) is 21.5 Å². The van der Waals surface area contributed by atoms with E-state index in [0.29, 0.717) is 0 Å². The standard InChI is InChI=1S/C12H15Cl2FO/c1-3-7(4-2)12(16)10-8(13)5-6-9(14)11(10)15/h5-7,12,16H,3-4H2,1-2H3. The van der Waals surface area contributed by atoms with Gasteiger partial charge in [0.25, 0.3) is 0 Å². The molecule has 0 fully saturated rings. The van der Waals surface area contributed by atoms with Crippen LogP contribution in [-0.4, -0.2) is 5.11 Å². The van der Waals surface area contributed by atoms with E-state index in [9.17, 15) is 9.50 Å². The van der Waals surface area contributed by atoms with Crippen LogP contribution in [0.15, 0.2) is 12.1 Å². The molecular formula is C12H15Cl2FO. The fourth-order valence-corrected chi connectivity index (χ4v) is 2.21. The van der Waals surface area contributed by atoms with Crippen molar-refractivity contribution in [3.05, 3.63) is 33.6 Å². The lowest BCUT2D eigenvalue weighted by atomic mass is 9.91. The number of aliphatic hydroxyl groups is 1. The molecule has 1 aromatic rings. The lowest BCUT2D eigenvalue weighted by molar-refractivity contribution is 0.0997. The van der Waals surface area contributed by atoms with Gasteiger partial charge in [0, 0.05) is 10.6 Å². The predicted octanol–water partition coefficient (Wildman–Crippen LogP) is 4.60. The fraction of sp³-hybridized carbons (Fsp3) is 0.500. The Morgan fingerprint density at radius 3 is 2.19 bits per heavy atom. The van der Waals surface area contributed by atoms with Gasteiger partial charge in [-0.3, -0.25) is 0 Å². The smallest absolute Gasteiger partial charge is 0.149 e. The third-order valence-corrected chi connectivity index (χ3v) is 3.49. The highest BCUT2D eigenvalue weighted by atomic mass is 35.5. The summed E-state index contributed by atoms with van der Waals surface area (Å²) in [6.45, 7) is 3.90. The molecule has 0 bridgehead atoms. The van der Waals surface area contributed by atoms with E-state index in [1.165, 1.54) is 12.1 Å². The molecule has 1 N–H and O–H groups in total. The van der Waals surface area contributed by atoms with Crippen molar-refractivity contribution in [3.8, 4) is 0 Å². The molecule has 1 atom stereocenters. The van der Waals surface area contributed by atoms with Gasteiger partial charge in [-0.1, -0.05) is 49.9 Å². The van der Waals surface area contributed by atoms with Gasteiger partial charge in [-0.15, -0.1) is 0 Å². The van der Waals surface area contributed by atoms with Gasteiger partial charge < -0.3 is 5.11 Å². The van der Waals surface area contributed by atoms with Crippen LogP contribution in [0.1, 0.15) is 38.4 Å². The summed E-state index contributed by atoms with van der Waals surface area (Å²) >= 11 is 11.6. The molecule has 0 saturated carbocycles. The van der Waals surface area contributed by atoms with Crippen LogP contribution in [-0.2, 0) is 0 Å². The van der Waals surface area contributed by atoms with E-state index in [2.05, 4.69) is 0 Å². The summed E-state index contributed by atoms with van der Waals surface area (Å²) in [6.07, 6.45) is 0.626. The molecule has 1 unspecified atom stereocenters. The van der Waals surface area contributed by atoms with E-state index in [0.717, 1.165) is 12.8 Å². The van der Waals surface area contributed by atoms with Gasteiger partial charge in [-0.05, 0) is 18.1 Å². The predicted molar refractivity (Wildman–Crippen MR) is 65.5 cm³/mol. The zero-order valence-electron chi connectivity index (χ0n) is 9.30. The average Bonchev–Trinajstić information content (AvgIpc) is 2.26. The second-order valence-corrected chi connectivity index (χ2v) is 4.59. The largest absolute Gasteiger partial charge is 0.388 e. The van der Waals surface area contributed by atoms with Crippen molar-refractivity contribution in [2.75, 3.05) is 0 Å². The van der Waals surface area contributed by atoms with Crippen LogP contribution in [0, 0.1) is 11.7 Å². The molecule has 4 heteroatoms. The van der Waals surface area contributed by atoms with Crippen LogP contribution in [0.25, 0.3) is 0 Å². The first kappa shape index (κ1) is 13.8. The number of halogens is 3. The van der Waals surface area contributed by atoms with Gasteiger partial charge in [0.05, 0.1) is 11.1 Å². The topological polar surface area (TPSA) is 20.2 Å². The molecule has 0 aliphatic heterocycles. The summed E-state index contributed by atoms with van der Waals surface area (Å²) in [5.74, 6) is -0.626. The minimum atomic E-state index is -0.902. The van der Waals surface area contributed by atoms with E-state index in [1.54, 1.807) is 0 Å². The van der Waals surface area contributed by atoms with Crippen molar-refractivity contribution < 1.29 is 9.50 Å². The summed E-state index contributed by atoms with van der Waals surface area (Å²) in [4.78, 5) is 0. The molecule has 1 rings (SSSR count). The highest BCUT2D eigenvalue weighted by molar-refractivity contribution is 6.33. The molecule has 0 heterocycles. The van der Waals surface area contributed by atoms with Gasteiger partial charge in [0.15, 0.2) is 0 Å². The van der Waals surface area contributed by atoms with Crippen LogP contribution in [0.5, 0.6) is 0 Å². The van der Waals surface area contributed by atoms with E-state index < -0.39 is 11.9 Å². The Bertz CT molecular complexity index is 364. The molecule has 90 valence electrons. The summed E-state index contributed by atoms with van der Waals surface area (Å²) in [7, 11) is 0.